The van der Waals surface area contributed by atoms with E-state index in [4.69, 9.17) is 11.6 Å². The van der Waals surface area contributed by atoms with Gasteiger partial charge in [-0.3, -0.25) is 9.36 Å². The van der Waals surface area contributed by atoms with E-state index in [0.717, 1.165) is 27.7 Å². The fraction of sp³-hybridized carbons (Fsp3) is 0.0800. The number of Topliss-reactive ketones (excluding diaryl/α,β-unsaturated/α-hetero) is 1. The Bertz CT molecular complexity index is 1420. The van der Waals surface area contributed by atoms with Crippen LogP contribution in [0.5, 0.6) is 0 Å². The molecule has 2 aromatic heterocycles. The minimum Gasteiger partial charge on any atom is -0.360 e. The Kier molecular flexibility index (Phi) is 5.55. The van der Waals surface area contributed by atoms with Gasteiger partial charge >= 0.3 is 0 Å². The number of carbonyl (C=O) groups is 1. The number of rotatable bonds is 6. The Morgan fingerprint density at radius 1 is 1.03 bits per heavy atom. The van der Waals surface area contributed by atoms with Crippen molar-refractivity contribution in [3.05, 3.63) is 95.1 Å². The van der Waals surface area contributed by atoms with Crippen molar-refractivity contribution >= 4 is 40.0 Å². The molecule has 0 saturated heterocycles. The van der Waals surface area contributed by atoms with Crippen molar-refractivity contribution in [3.8, 4) is 17.1 Å². The summed E-state index contributed by atoms with van der Waals surface area (Å²) in [5.41, 5.74) is 4.62. The largest absolute Gasteiger partial charge is 0.360 e. The van der Waals surface area contributed by atoms with Crippen LogP contribution < -0.4 is 0 Å². The Labute approximate surface area is 194 Å². The predicted molar refractivity (Wildman–Crippen MR) is 130 cm³/mol. The average molecular weight is 459 g/mol. The van der Waals surface area contributed by atoms with E-state index in [-0.39, 0.29) is 11.5 Å². The molecule has 32 heavy (non-hydrogen) atoms. The van der Waals surface area contributed by atoms with Crippen molar-refractivity contribution in [2.24, 2.45) is 0 Å². The summed E-state index contributed by atoms with van der Waals surface area (Å²) in [5, 5.41) is 11.1. The first-order valence-electron chi connectivity index (χ1n) is 10.1. The lowest BCUT2D eigenvalue weighted by Crippen LogP contribution is -2.04. The molecule has 0 atom stereocenters. The van der Waals surface area contributed by atoms with E-state index in [9.17, 15) is 4.79 Å². The molecule has 1 N–H and O–H groups in total. The van der Waals surface area contributed by atoms with E-state index in [1.54, 1.807) is 6.20 Å². The summed E-state index contributed by atoms with van der Waals surface area (Å²) in [6.45, 7) is 2.04. The highest BCUT2D eigenvalue weighted by Crippen LogP contribution is 2.30. The van der Waals surface area contributed by atoms with Gasteiger partial charge in [0, 0.05) is 38.9 Å². The zero-order chi connectivity index (χ0) is 22.1. The quantitative estimate of drug-likeness (QED) is 0.238. The molecule has 0 saturated carbocycles. The van der Waals surface area contributed by atoms with E-state index in [2.05, 4.69) is 21.2 Å². The van der Waals surface area contributed by atoms with Crippen LogP contribution in [0.1, 0.15) is 15.9 Å². The molecule has 0 bridgehead atoms. The second kappa shape index (κ2) is 8.65. The highest BCUT2D eigenvalue weighted by Gasteiger charge is 2.19. The van der Waals surface area contributed by atoms with Crippen LogP contribution in [0.15, 0.2) is 84.1 Å². The van der Waals surface area contributed by atoms with Gasteiger partial charge in [-0.1, -0.05) is 53.7 Å². The molecule has 0 aliphatic rings. The van der Waals surface area contributed by atoms with Gasteiger partial charge in [-0.15, -0.1) is 10.2 Å². The fourth-order valence-corrected chi connectivity index (χ4v) is 4.62. The number of ketones is 1. The lowest BCUT2D eigenvalue weighted by Gasteiger charge is -2.11. The number of carbonyl (C=O) groups excluding carboxylic acids is 1. The maximum absolute atomic E-state index is 13.0. The Balaban J connectivity index is 1.49. The summed E-state index contributed by atoms with van der Waals surface area (Å²) in [6, 6.07) is 23.5. The molecule has 158 valence electrons. The summed E-state index contributed by atoms with van der Waals surface area (Å²) >= 11 is 7.45. The number of nitrogens with zero attached hydrogens (tertiary/aromatic N) is 3. The standard InChI is InChI=1S/C25H19ClN4OS/c1-16-5-4-6-19(13-16)30-24(17-9-11-18(26)12-10-17)28-29-25(30)32-15-23(31)21-14-27-22-8-3-2-7-20(21)22/h2-14,27H,15H2,1H3. The molecule has 5 nitrogen and oxygen atoms in total. The number of H-pyrrole nitrogens is 1. The molecular formula is C25H19ClN4OS. The molecular weight excluding hydrogens is 440 g/mol. The summed E-state index contributed by atoms with van der Waals surface area (Å²) in [5.74, 6) is 1.00. The van der Waals surface area contributed by atoms with E-state index in [1.807, 2.05) is 78.2 Å². The third kappa shape index (κ3) is 3.95. The van der Waals surface area contributed by atoms with Crippen molar-refractivity contribution in [1.29, 1.82) is 0 Å². The van der Waals surface area contributed by atoms with E-state index < -0.39 is 0 Å². The number of para-hydroxylation sites is 1. The van der Waals surface area contributed by atoms with Gasteiger partial charge < -0.3 is 4.98 Å². The Hall–Kier alpha value is -3.35. The molecule has 0 fully saturated rings. The molecule has 0 amide bonds. The lowest BCUT2D eigenvalue weighted by atomic mass is 10.1. The number of aromatic amines is 1. The number of aryl methyl sites for hydroxylation is 1. The molecule has 7 heteroatoms. The van der Waals surface area contributed by atoms with Gasteiger partial charge in [-0.05, 0) is 55.0 Å². The number of hydrogen-bond donors (Lipinski definition) is 1. The second-order valence-electron chi connectivity index (χ2n) is 7.45. The molecule has 0 aliphatic carbocycles. The molecule has 5 rings (SSSR count). The van der Waals surface area contributed by atoms with Gasteiger partial charge in [0.1, 0.15) is 0 Å². The second-order valence-corrected chi connectivity index (χ2v) is 8.83. The average Bonchev–Trinajstić information content (AvgIpc) is 3.42. The molecule has 0 spiro atoms. The monoisotopic (exact) mass is 458 g/mol. The number of nitrogens with one attached hydrogen (secondary N) is 1. The van der Waals surface area contributed by atoms with Crippen LogP contribution in [0.4, 0.5) is 0 Å². The van der Waals surface area contributed by atoms with Crippen LogP contribution in [0, 0.1) is 6.92 Å². The van der Waals surface area contributed by atoms with Crippen LogP contribution in [0.3, 0.4) is 0 Å². The fourth-order valence-electron chi connectivity index (χ4n) is 3.66. The highest BCUT2D eigenvalue weighted by molar-refractivity contribution is 7.99. The maximum Gasteiger partial charge on any atom is 0.196 e. The van der Waals surface area contributed by atoms with Crippen LogP contribution in [0.25, 0.3) is 28.0 Å². The van der Waals surface area contributed by atoms with Crippen LogP contribution in [-0.2, 0) is 0 Å². The zero-order valence-corrected chi connectivity index (χ0v) is 18.8. The smallest absolute Gasteiger partial charge is 0.196 e. The Morgan fingerprint density at radius 2 is 1.84 bits per heavy atom. The summed E-state index contributed by atoms with van der Waals surface area (Å²) in [7, 11) is 0. The first-order valence-corrected chi connectivity index (χ1v) is 11.5. The minimum absolute atomic E-state index is 0.0410. The van der Waals surface area contributed by atoms with Gasteiger partial charge in [0.15, 0.2) is 16.8 Å². The van der Waals surface area contributed by atoms with Crippen molar-refractivity contribution in [2.75, 3.05) is 5.75 Å². The van der Waals surface area contributed by atoms with Gasteiger partial charge in [0.25, 0.3) is 0 Å². The molecule has 5 aromatic rings. The number of fused-ring (bicyclic) bond motifs is 1. The maximum atomic E-state index is 13.0. The molecule has 0 unspecified atom stereocenters. The summed E-state index contributed by atoms with van der Waals surface area (Å²) in [6.07, 6.45) is 1.78. The van der Waals surface area contributed by atoms with Crippen LogP contribution in [0.2, 0.25) is 5.02 Å². The van der Waals surface area contributed by atoms with Gasteiger partial charge in [0.05, 0.1) is 5.75 Å². The molecule has 0 aliphatic heterocycles. The van der Waals surface area contributed by atoms with Gasteiger partial charge in [0.2, 0.25) is 0 Å². The lowest BCUT2D eigenvalue weighted by molar-refractivity contribution is 0.102. The van der Waals surface area contributed by atoms with Crippen molar-refractivity contribution in [3.63, 3.8) is 0 Å². The number of thioether (sulfide) groups is 1. The third-order valence-electron chi connectivity index (χ3n) is 5.22. The first kappa shape index (κ1) is 20.5. The molecule has 2 heterocycles. The number of aromatic nitrogens is 4. The molecule has 3 aromatic carbocycles. The topological polar surface area (TPSA) is 63.6 Å². The van der Waals surface area contributed by atoms with Gasteiger partial charge in [-0.25, -0.2) is 0 Å². The SMILES string of the molecule is Cc1cccc(-n2c(SCC(=O)c3c[nH]c4ccccc34)nnc2-c2ccc(Cl)cc2)c1. The van der Waals surface area contributed by atoms with E-state index in [1.165, 1.54) is 11.8 Å². The van der Waals surface area contributed by atoms with Crippen LogP contribution in [-0.4, -0.2) is 31.3 Å². The van der Waals surface area contributed by atoms with Crippen molar-refractivity contribution in [1.82, 2.24) is 19.7 Å². The number of benzene rings is 3. The number of halogens is 1. The van der Waals surface area contributed by atoms with E-state index >= 15 is 0 Å². The van der Waals surface area contributed by atoms with Crippen molar-refractivity contribution < 1.29 is 4.79 Å². The normalized spacial score (nSPS) is 11.2. The minimum atomic E-state index is 0.0410. The van der Waals surface area contributed by atoms with Gasteiger partial charge in [-0.2, -0.15) is 0 Å². The highest BCUT2D eigenvalue weighted by atomic mass is 35.5. The first-order chi connectivity index (χ1) is 15.6. The third-order valence-corrected chi connectivity index (χ3v) is 6.40. The van der Waals surface area contributed by atoms with Crippen molar-refractivity contribution in [2.45, 2.75) is 12.1 Å². The summed E-state index contributed by atoms with van der Waals surface area (Å²) in [4.78, 5) is 16.2. The van der Waals surface area contributed by atoms with E-state index in [0.29, 0.717) is 21.6 Å². The Morgan fingerprint density at radius 3 is 2.66 bits per heavy atom. The van der Waals surface area contributed by atoms with Crippen LogP contribution >= 0.6 is 23.4 Å². The predicted octanol–water partition coefficient (Wildman–Crippen LogP) is 6.35. The number of hydrogen-bond acceptors (Lipinski definition) is 4. The molecule has 0 radical (unpaired) electrons. The summed E-state index contributed by atoms with van der Waals surface area (Å²) < 4.78 is 1.99. The zero-order valence-electron chi connectivity index (χ0n) is 17.2.